The Morgan fingerprint density at radius 1 is 0.909 bits per heavy atom. The Morgan fingerprint density at radius 2 is 1.61 bits per heavy atom. The van der Waals surface area contributed by atoms with Gasteiger partial charge < -0.3 is 14.0 Å². The van der Waals surface area contributed by atoms with Gasteiger partial charge in [0.25, 0.3) is 0 Å². The van der Waals surface area contributed by atoms with Crippen molar-refractivity contribution < 1.29 is 14.0 Å². The molecule has 0 spiro atoms. The molecule has 1 aromatic carbocycles. The van der Waals surface area contributed by atoms with E-state index >= 15 is 0 Å². The summed E-state index contributed by atoms with van der Waals surface area (Å²) in [6, 6.07) is 11.8. The van der Waals surface area contributed by atoms with E-state index in [0.29, 0.717) is 43.6 Å². The number of aromatic nitrogens is 6. The van der Waals surface area contributed by atoms with Crippen LogP contribution in [0.5, 0.6) is 0 Å². The van der Waals surface area contributed by atoms with E-state index in [4.69, 9.17) is 24.1 Å². The lowest BCUT2D eigenvalue weighted by atomic mass is 10.2. The van der Waals surface area contributed by atoms with Gasteiger partial charge in [0.2, 0.25) is 11.7 Å². The van der Waals surface area contributed by atoms with E-state index < -0.39 is 0 Å². The number of ether oxygens (including phenoxy) is 2. The Balaban J connectivity index is 1.58. The van der Waals surface area contributed by atoms with Crippen LogP contribution < -0.4 is 0 Å². The van der Waals surface area contributed by atoms with E-state index in [-0.39, 0.29) is 6.04 Å². The molecule has 0 radical (unpaired) electrons. The summed E-state index contributed by atoms with van der Waals surface area (Å²) < 4.78 is 18.2. The molecule has 0 amide bonds. The molecule has 0 saturated heterocycles. The van der Waals surface area contributed by atoms with Gasteiger partial charge in [0.15, 0.2) is 5.82 Å². The number of hydrogen-bond acceptors (Lipinski definition) is 9. The predicted molar refractivity (Wildman–Crippen MR) is 125 cm³/mol. The van der Waals surface area contributed by atoms with Crippen LogP contribution >= 0.6 is 11.8 Å². The third-order valence-electron chi connectivity index (χ3n) is 5.08. The van der Waals surface area contributed by atoms with E-state index in [2.05, 4.69) is 33.5 Å². The van der Waals surface area contributed by atoms with Crippen LogP contribution in [0.3, 0.4) is 0 Å². The average Bonchev–Trinajstić information content (AvgIpc) is 3.51. The number of nitrogens with zero attached hydrogens (tertiary/aromatic N) is 6. The van der Waals surface area contributed by atoms with Crippen LogP contribution in [0, 0.1) is 0 Å². The molecule has 3 heterocycles. The zero-order chi connectivity index (χ0) is 23.0. The number of thioether (sulfide) groups is 1. The van der Waals surface area contributed by atoms with Crippen LogP contribution in [0.2, 0.25) is 0 Å². The van der Waals surface area contributed by atoms with E-state index in [0.717, 1.165) is 17.0 Å². The number of rotatable bonds is 11. The molecule has 0 aliphatic carbocycles. The Morgan fingerprint density at radius 3 is 2.27 bits per heavy atom. The second-order valence-corrected chi connectivity index (χ2v) is 8.22. The Labute approximate surface area is 196 Å². The van der Waals surface area contributed by atoms with E-state index in [1.807, 2.05) is 28.9 Å². The third-order valence-corrected chi connectivity index (χ3v) is 5.83. The van der Waals surface area contributed by atoms with Crippen molar-refractivity contribution in [3.8, 4) is 22.8 Å². The van der Waals surface area contributed by atoms with Gasteiger partial charge in [0.05, 0.1) is 13.2 Å². The first-order valence-electron chi connectivity index (χ1n) is 10.5. The summed E-state index contributed by atoms with van der Waals surface area (Å²) in [7, 11) is 3.33. The van der Waals surface area contributed by atoms with Gasteiger partial charge in [-0.3, -0.25) is 4.98 Å². The molecule has 0 fully saturated rings. The number of methoxy groups -OCH3 is 2. The van der Waals surface area contributed by atoms with Gasteiger partial charge >= 0.3 is 0 Å². The Bertz CT molecular complexity index is 1140. The number of pyridine rings is 1. The molecule has 0 N–H and O–H groups in total. The fourth-order valence-corrected chi connectivity index (χ4v) is 3.86. The highest BCUT2D eigenvalue weighted by Gasteiger charge is 2.21. The number of benzene rings is 1. The molecule has 10 heteroatoms. The first-order valence-corrected chi connectivity index (χ1v) is 11.7. The zero-order valence-corrected chi connectivity index (χ0v) is 19.7. The van der Waals surface area contributed by atoms with Gasteiger partial charge in [-0.2, -0.15) is 10.1 Å². The lowest BCUT2D eigenvalue weighted by Gasteiger charge is -2.17. The highest BCUT2D eigenvalue weighted by Crippen LogP contribution is 2.23. The molecule has 172 valence electrons. The molecule has 9 nitrogen and oxygen atoms in total. The molecular weight excluding hydrogens is 440 g/mol. The lowest BCUT2D eigenvalue weighted by molar-refractivity contribution is 0.0823. The topological polar surface area (TPSA) is 101 Å². The van der Waals surface area contributed by atoms with E-state index in [1.165, 1.54) is 4.90 Å². The summed E-state index contributed by atoms with van der Waals surface area (Å²) in [5.74, 6) is 2.55. The fourth-order valence-electron chi connectivity index (χ4n) is 3.45. The van der Waals surface area contributed by atoms with Crippen LogP contribution in [0.25, 0.3) is 22.8 Å². The van der Waals surface area contributed by atoms with Crippen molar-refractivity contribution in [3.63, 3.8) is 0 Å². The molecular formula is C23H26N6O3S. The minimum absolute atomic E-state index is 0.100. The quantitative estimate of drug-likeness (QED) is 0.306. The van der Waals surface area contributed by atoms with Crippen LogP contribution in [-0.2, 0) is 22.3 Å². The molecule has 33 heavy (non-hydrogen) atoms. The highest BCUT2D eigenvalue weighted by atomic mass is 32.2. The first kappa shape index (κ1) is 23.1. The van der Waals surface area contributed by atoms with Crippen molar-refractivity contribution >= 4 is 11.8 Å². The maximum Gasteiger partial charge on any atom is 0.227 e. The second kappa shape index (κ2) is 11.2. The maximum absolute atomic E-state index is 5.46. The van der Waals surface area contributed by atoms with Crippen molar-refractivity contribution in [1.29, 1.82) is 0 Å². The molecule has 0 saturated carbocycles. The monoisotopic (exact) mass is 466 g/mol. The Kier molecular flexibility index (Phi) is 7.82. The summed E-state index contributed by atoms with van der Waals surface area (Å²) in [6.45, 7) is 0.920. The van der Waals surface area contributed by atoms with Gasteiger partial charge in [0.1, 0.15) is 11.9 Å². The zero-order valence-electron chi connectivity index (χ0n) is 18.8. The van der Waals surface area contributed by atoms with Crippen molar-refractivity contribution in [1.82, 2.24) is 29.9 Å². The largest absolute Gasteiger partial charge is 0.382 e. The molecule has 4 aromatic rings. The maximum atomic E-state index is 5.46. The number of aryl methyl sites for hydroxylation is 2. The normalized spacial score (nSPS) is 11.4. The van der Waals surface area contributed by atoms with Crippen LogP contribution in [0.4, 0.5) is 0 Å². The van der Waals surface area contributed by atoms with Crippen LogP contribution in [0.15, 0.2) is 58.2 Å². The summed E-state index contributed by atoms with van der Waals surface area (Å²) in [5, 5.41) is 8.89. The minimum Gasteiger partial charge on any atom is -0.382 e. The molecule has 0 unspecified atom stereocenters. The molecule has 3 aromatic heterocycles. The number of hydrogen-bond donors (Lipinski definition) is 0. The van der Waals surface area contributed by atoms with Gasteiger partial charge in [-0.15, -0.1) is 11.8 Å². The average molecular weight is 467 g/mol. The SMILES string of the molecule is COCC(COC)n1nc(-c2ccc(SC)cc2)nc1CCc1nc(-c2ccncc2)no1. The summed E-state index contributed by atoms with van der Waals surface area (Å²) >= 11 is 1.70. The van der Waals surface area contributed by atoms with Gasteiger partial charge in [-0.25, -0.2) is 9.67 Å². The van der Waals surface area contributed by atoms with Crippen molar-refractivity contribution in [2.75, 3.05) is 33.7 Å². The first-order chi connectivity index (χ1) is 16.2. The van der Waals surface area contributed by atoms with Crippen LogP contribution in [-0.4, -0.2) is 63.6 Å². The molecule has 0 atom stereocenters. The van der Waals surface area contributed by atoms with Gasteiger partial charge in [-0.1, -0.05) is 17.3 Å². The molecule has 4 rings (SSSR count). The molecule has 0 aliphatic rings. The lowest BCUT2D eigenvalue weighted by Crippen LogP contribution is -2.23. The van der Waals surface area contributed by atoms with Crippen molar-refractivity contribution in [2.24, 2.45) is 0 Å². The van der Waals surface area contributed by atoms with Crippen molar-refractivity contribution in [3.05, 3.63) is 60.5 Å². The highest BCUT2D eigenvalue weighted by molar-refractivity contribution is 7.98. The molecule has 0 bridgehead atoms. The Hall–Kier alpha value is -3.08. The summed E-state index contributed by atoms with van der Waals surface area (Å²) in [5.41, 5.74) is 1.82. The summed E-state index contributed by atoms with van der Waals surface area (Å²) in [4.78, 5) is 14.6. The predicted octanol–water partition coefficient (Wildman–Crippen LogP) is 3.73. The van der Waals surface area contributed by atoms with Gasteiger partial charge in [0, 0.05) is 55.5 Å². The van der Waals surface area contributed by atoms with Crippen molar-refractivity contribution in [2.45, 2.75) is 23.8 Å². The third kappa shape index (κ3) is 5.65. The standard InChI is InChI=1S/C23H26N6O3S/c1-30-14-18(15-31-2)29-20(25-22(27-29)16-4-6-19(33-3)7-5-16)8-9-21-26-23(28-32-21)17-10-12-24-13-11-17/h4-7,10-13,18H,8-9,14-15H2,1-3H3. The second-order valence-electron chi connectivity index (χ2n) is 7.34. The van der Waals surface area contributed by atoms with E-state index in [1.54, 1.807) is 38.4 Å². The smallest absolute Gasteiger partial charge is 0.227 e. The fraction of sp³-hybridized carbons (Fsp3) is 0.348. The van der Waals surface area contributed by atoms with Crippen LogP contribution in [0.1, 0.15) is 17.8 Å². The summed E-state index contributed by atoms with van der Waals surface area (Å²) in [6.07, 6.45) is 6.57. The molecule has 0 aliphatic heterocycles. The minimum atomic E-state index is -0.100. The van der Waals surface area contributed by atoms with Gasteiger partial charge in [-0.05, 0) is 30.5 Å². The van der Waals surface area contributed by atoms with E-state index in [9.17, 15) is 0 Å².